The number of allylic oxidation sites excluding steroid dienone is 2. The number of methoxy groups -OCH3 is 1. The minimum absolute atomic E-state index is 0.00438. The van der Waals surface area contributed by atoms with Crippen molar-refractivity contribution >= 4 is 21.7 Å². The number of benzene rings is 2. The number of carbonyl (C=O) groups excluding carboxylic acids is 1. The van der Waals surface area contributed by atoms with Crippen molar-refractivity contribution < 1.29 is 22.9 Å². The highest BCUT2D eigenvalue weighted by molar-refractivity contribution is 7.89. The molecule has 0 saturated heterocycles. The van der Waals surface area contributed by atoms with E-state index in [4.69, 9.17) is 4.74 Å². The third-order valence-electron chi connectivity index (χ3n) is 3.79. The summed E-state index contributed by atoms with van der Waals surface area (Å²) in [5.41, 5.74) is 0.134. The molecule has 0 spiro atoms. The van der Waals surface area contributed by atoms with Crippen molar-refractivity contribution in [3.8, 4) is 0 Å². The molecule has 1 N–H and O–H groups in total. The number of nitro groups is 1. The highest BCUT2D eigenvalue weighted by atomic mass is 32.2. The average molecular weight is 402 g/mol. The van der Waals surface area contributed by atoms with E-state index >= 15 is 0 Å². The Morgan fingerprint density at radius 1 is 1.18 bits per heavy atom. The molecule has 0 radical (unpaired) electrons. The molecule has 9 heteroatoms. The summed E-state index contributed by atoms with van der Waals surface area (Å²) in [6, 6.07) is 11.7. The Labute approximate surface area is 162 Å². The lowest BCUT2D eigenvalue weighted by molar-refractivity contribution is -0.384. The second-order valence-electron chi connectivity index (χ2n) is 5.57. The maximum Gasteiger partial charge on any atom is 0.335 e. The van der Waals surface area contributed by atoms with Gasteiger partial charge in [-0.15, -0.1) is 0 Å². The van der Waals surface area contributed by atoms with Gasteiger partial charge in [-0.1, -0.05) is 49.1 Å². The van der Waals surface area contributed by atoms with Gasteiger partial charge in [-0.05, 0) is 17.7 Å². The van der Waals surface area contributed by atoms with E-state index in [1.807, 2.05) is 0 Å². The van der Waals surface area contributed by atoms with Crippen LogP contribution in [0.4, 0.5) is 5.69 Å². The molecule has 0 aromatic heterocycles. The van der Waals surface area contributed by atoms with Gasteiger partial charge in [0.2, 0.25) is 10.0 Å². The Morgan fingerprint density at radius 2 is 1.79 bits per heavy atom. The van der Waals surface area contributed by atoms with Crippen molar-refractivity contribution in [1.29, 1.82) is 0 Å². The Balaban J connectivity index is 2.55. The number of nitro benzene ring substituents is 1. The fourth-order valence-corrected chi connectivity index (χ4v) is 3.67. The molecular formula is C19H18N2O6S. The number of non-ortho nitro benzene ring substituents is 1. The normalized spacial score (nSPS) is 12.8. The first-order chi connectivity index (χ1) is 13.3. The van der Waals surface area contributed by atoms with E-state index in [0.29, 0.717) is 5.56 Å². The summed E-state index contributed by atoms with van der Waals surface area (Å²) in [7, 11) is -2.84. The lowest BCUT2D eigenvalue weighted by Crippen LogP contribution is -2.32. The molecule has 146 valence electrons. The largest absolute Gasteiger partial charge is 0.466 e. The Morgan fingerprint density at radius 3 is 2.29 bits per heavy atom. The van der Waals surface area contributed by atoms with Gasteiger partial charge in [-0.2, -0.15) is 4.72 Å². The summed E-state index contributed by atoms with van der Waals surface area (Å²) >= 11 is 0. The molecule has 2 aromatic rings. The van der Waals surface area contributed by atoms with Gasteiger partial charge in [0, 0.05) is 12.1 Å². The van der Waals surface area contributed by atoms with Crippen molar-refractivity contribution in [2.45, 2.75) is 10.9 Å². The standard InChI is InChI=1S/C19H18N2O6S/c1-3-7-17(19(22)27-2)18(14-10-12-15(13-11-14)21(23)24)20-28(25,26)16-8-5-4-6-9-16/h3-13,18,20H,1H2,2H3/b17-7-. The maximum atomic E-state index is 12.8. The number of nitrogens with zero attached hydrogens (tertiary/aromatic N) is 1. The first-order valence-electron chi connectivity index (χ1n) is 8.03. The summed E-state index contributed by atoms with van der Waals surface area (Å²) < 4.78 is 32.8. The predicted octanol–water partition coefficient (Wildman–Crippen LogP) is 2.90. The fourth-order valence-electron chi connectivity index (χ4n) is 2.45. The van der Waals surface area contributed by atoms with Crippen LogP contribution in [0.5, 0.6) is 0 Å². The molecule has 2 rings (SSSR count). The van der Waals surface area contributed by atoms with E-state index in [2.05, 4.69) is 11.3 Å². The number of sulfonamides is 1. The number of nitrogens with one attached hydrogen (secondary N) is 1. The number of hydrogen-bond acceptors (Lipinski definition) is 6. The molecule has 28 heavy (non-hydrogen) atoms. The third kappa shape index (κ3) is 4.90. The number of esters is 1. The summed E-state index contributed by atoms with van der Waals surface area (Å²) in [5, 5.41) is 10.9. The first-order valence-corrected chi connectivity index (χ1v) is 9.51. The van der Waals surface area contributed by atoms with E-state index in [1.165, 1.54) is 48.6 Å². The SMILES string of the molecule is C=C/C=C(\C(=O)OC)C(NS(=O)(=O)c1ccccc1)c1ccc([N+](=O)[O-])cc1. The van der Waals surface area contributed by atoms with Crippen molar-refractivity contribution in [3.63, 3.8) is 0 Å². The lowest BCUT2D eigenvalue weighted by Gasteiger charge is -2.21. The zero-order valence-corrected chi connectivity index (χ0v) is 15.8. The van der Waals surface area contributed by atoms with Gasteiger partial charge >= 0.3 is 5.97 Å². The number of carbonyl (C=O) groups is 1. The Kier molecular flexibility index (Phi) is 6.80. The molecule has 2 aromatic carbocycles. The van der Waals surface area contributed by atoms with Gasteiger partial charge in [-0.3, -0.25) is 10.1 Å². The van der Waals surface area contributed by atoms with Gasteiger partial charge in [0.25, 0.3) is 5.69 Å². The molecule has 0 saturated carbocycles. The van der Waals surface area contributed by atoms with E-state index < -0.39 is 27.0 Å². The van der Waals surface area contributed by atoms with Crippen LogP contribution >= 0.6 is 0 Å². The maximum absolute atomic E-state index is 12.8. The highest BCUT2D eigenvalue weighted by Gasteiger charge is 2.29. The van der Waals surface area contributed by atoms with Gasteiger partial charge < -0.3 is 4.74 Å². The molecule has 0 fully saturated rings. The summed E-state index contributed by atoms with van der Waals surface area (Å²) in [6.45, 7) is 3.53. The third-order valence-corrected chi connectivity index (χ3v) is 5.23. The molecule has 8 nitrogen and oxygen atoms in total. The second-order valence-corrected chi connectivity index (χ2v) is 7.28. The van der Waals surface area contributed by atoms with Gasteiger partial charge in [0.1, 0.15) is 0 Å². The molecule has 0 bridgehead atoms. The zero-order valence-electron chi connectivity index (χ0n) is 14.9. The quantitative estimate of drug-likeness (QED) is 0.239. The predicted molar refractivity (Wildman–Crippen MR) is 103 cm³/mol. The van der Waals surface area contributed by atoms with Gasteiger partial charge in [-0.25, -0.2) is 13.2 Å². The first kappa shape index (κ1) is 21.0. The van der Waals surface area contributed by atoms with Crippen LogP contribution in [0.15, 0.2) is 83.8 Å². The van der Waals surface area contributed by atoms with E-state index in [1.54, 1.807) is 18.2 Å². The molecule has 1 unspecified atom stereocenters. The monoisotopic (exact) mass is 402 g/mol. The van der Waals surface area contributed by atoms with Crippen LogP contribution in [-0.4, -0.2) is 26.4 Å². The topological polar surface area (TPSA) is 116 Å². The zero-order chi connectivity index (χ0) is 20.7. The van der Waals surface area contributed by atoms with Gasteiger partial charge in [0.05, 0.1) is 28.5 Å². The second kappa shape index (κ2) is 9.07. The minimum atomic E-state index is -4.01. The van der Waals surface area contributed by atoms with Crippen LogP contribution in [0.2, 0.25) is 0 Å². The molecule has 0 aliphatic heterocycles. The number of ether oxygens (including phenoxy) is 1. The van der Waals surface area contributed by atoms with Gasteiger partial charge in [0.15, 0.2) is 0 Å². The molecule has 0 heterocycles. The van der Waals surface area contributed by atoms with E-state index in [-0.39, 0.29) is 16.2 Å². The summed E-state index contributed by atoms with van der Waals surface area (Å²) in [4.78, 5) is 22.5. The summed E-state index contributed by atoms with van der Waals surface area (Å²) in [5.74, 6) is -0.765. The van der Waals surface area contributed by atoms with Crippen LogP contribution in [-0.2, 0) is 19.6 Å². The smallest absolute Gasteiger partial charge is 0.335 e. The Hall–Kier alpha value is -3.30. The molecular weight excluding hydrogens is 384 g/mol. The van der Waals surface area contributed by atoms with E-state index in [0.717, 1.165) is 7.11 Å². The molecule has 1 atom stereocenters. The Bertz CT molecular complexity index is 998. The number of hydrogen-bond donors (Lipinski definition) is 1. The molecule has 0 aliphatic rings. The van der Waals surface area contributed by atoms with Crippen molar-refractivity contribution in [2.24, 2.45) is 0 Å². The lowest BCUT2D eigenvalue weighted by atomic mass is 9.99. The highest BCUT2D eigenvalue weighted by Crippen LogP contribution is 2.27. The van der Waals surface area contributed by atoms with Crippen LogP contribution in [0.25, 0.3) is 0 Å². The van der Waals surface area contributed by atoms with Crippen molar-refractivity contribution in [3.05, 3.63) is 94.6 Å². The fraction of sp³-hybridized carbons (Fsp3) is 0.105. The van der Waals surface area contributed by atoms with Crippen molar-refractivity contribution in [2.75, 3.05) is 7.11 Å². The summed E-state index contributed by atoms with van der Waals surface area (Å²) in [6.07, 6.45) is 2.65. The number of rotatable bonds is 8. The molecule has 0 amide bonds. The van der Waals surface area contributed by atoms with Crippen LogP contribution in [0.3, 0.4) is 0 Å². The van der Waals surface area contributed by atoms with Crippen LogP contribution < -0.4 is 4.72 Å². The van der Waals surface area contributed by atoms with Crippen LogP contribution in [0.1, 0.15) is 11.6 Å². The minimum Gasteiger partial charge on any atom is -0.466 e. The van der Waals surface area contributed by atoms with Crippen LogP contribution in [0, 0.1) is 10.1 Å². The van der Waals surface area contributed by atoms with Crippen molar-refractivity contribution in [1.82, 2.24) is 4.72 Å². The van der Waals surface area contributed by atoms with E-state index in [9.17, 15) is 23.3 Å². The average Bonchev–Trinajstić information content (AvgIpc) is 2.70. The molecule has 0 aliphatic carbocycles.